The summed E-state index contributed by atoms with van der Waals surface area (Å²) in [6, 6.07) is 10.8. The molecule has 8 heteroatoms. The normalized spacial score (nSPS) is 16.6. The molecule has 0 bridgehead atoms. The molecule has 2 amide bonds. The second-order valence-electron chi connectivity index (χ2n) is 6.46. The van der Waals surface area contributed by atoms with Gasteiger partial charge in [-0.05, 0) is 43.7 Å². The van der Waals surface area contributed by atoms with Gasteiger partial charge in [-0.1, -0.05) is 12.1 Å². The molecule has 1 atom stereocenters. The number of H-pyrrole nitrogens is 1. The van der Waals surface area contributed by atoms with E-state index in [1.165, 1.54) is 11.0 Å². The van der Waals surface area contributed by atoms with Crippen LogP contribution in [-0.2, 0) is 4.79 Å². The molecule has 4 rings (SSSR count). The second kappa shape index (κ2) is 7.30. The van der Waals surface area contributed by atoms with Crippen molar-refractivity contribution < 1.29 is 18.7 Å². The van der Waals surface area contributed by atoms with Crippen molar-refractivity contribution in [1.29, 1.82) is 0 Å². The fourth-order valence-electron chi connectivity index (χ4n) is 3.30. The van der Waals surface area contributed by atoms with E-state index in [0.29, 0.717) is 42.2 Å². The Morgan fingerprint density at radius 3 is 2.96 bits per heavy atom. The lowest BCUT2D eigenvalue weighted by Crippen LogP contribution is -2.41. The minimum atomic E-state index is -0.691. The number of ether oxygens (including phenoxy) is 1. The van der Waals surface area contributed by atoms with E-state index < -0.39 is 11.9 Å². The lowest BCUT2D eigenvalue weighted by molar-refractivity contribution is -0.118. The monoisotopic (exact) mass is 382 g/mol. The van der Waals surface area contributed by atoms with E-state index in [9.17, 15) is 14.0 Å². The van der Waals surface area contributed by atoms with Crippen LogP contribution >= 0.6 is 0 Å². The first-order chi connectivity index (χ1) is 13.6. The number of aromatic nitrogens is 2. The molecular weight excluding hydrogens is 363 g/mol. The molecule has 1 aliphatic rings. The fourth-order valence-corrected chi connectivity index (χ4v) is 3.30. The highest BCUT2D eigenvalue weighted by Crippen LogP contribution is 2.25. The van der Waals surface area contributed by atoms with E-state index in [2.05, 4.69) is 15.3 Å². The number of amides is 2. The van der Waals surface area contributed by atoms with Crippen molar-refractivity contribution in [2.75, 3.05) is 18.1 Å². The third-order valence-electron chi connectivity index (χ3n) is 4.66. The topological polar surface area (TPSA) is 87.3 Å². The Morgan fingerprint density at radius 1 is 1.36 bits per heavy atom. The summed E-state index contributed by atoms with van der Waals surface area (Å²) >= 11 is 0. The third-order valence-corrected chi connectivity index (χ3v) is 4.66. The van der Waals surface area contributed by atoms with Crippen molar-refractivity contribution in [2.24, 2.45) is 0 Å². The molecule has 1 unspecified atom stereocenters. The number of nitrogens with one attached hydrogen (secondary N) is 2. The van der Waals surface area contributed by atoms with Crippen LogP contribution < -0.4 is 15.0 Å². The number of para-hydroxylation sites is 1. The van der Waals surface area contributed by atoms with Crippen LogP contribution in [0.5, 0.6) is 6.01 Å². The van der Waals surface area contributed by atoms with E-state index in [1.54, 1.807) is 36.4 Å². The van der Waals surface area contributed by atoms with E-state index in [4.69, 9.17) is 4.74 Å². The van der Waals surface area contributed by atoms with Crippen LogP contribution in [0.2, 0.25) is 0 Å². The Bertz CT molecular complexity index is 1050. The summed E-state index contributed by atoms with van der Waals surface area (Å²) in [5.74, 6) is -1.15. The van der Waals surface area contributed by atoms with Gasteiger partial charge in [-0.25, -0.2) is 4.39 Å². The summed E-state index contributed by atoms with van der Waals surface area (Å²) in [5.41, 5.74) is 1.98. The van der Waals surface area contributed by atoms with Crippen LogP contribution in [0.4, 0.5) is 10.1 Å². The standard InChI is InChI=1S/C20H19FN4O3/c1-2-28-20-23-14-8-7-12(11-16(14)24-20)18(26)22-15-9-10-25(19(15)27)17-6-4-3-5-13(17)21/h3-8,11,15H,2,9-10H2,1H3,(H,22,26)(H,23,24). The first-order valence-electron chi connectivity index (χ1n) is 9.06. The average Bonchev–Trinajstić information content (AvgIpc) is 3.25. The molecule has 2 aromatic carbocycles. The van der Waals surface area contributed by atoms with Gasteiger partial charge in [0.1, 0.15) is 11.9 Å². The van der Waals surface area contributed by atoms with Gasteiger partial charge in [-0.2, -0.15) is 4.98 Å². The molecule has 144 valence electrons. The third kappa shape index (κ3) is 3.28. The molecule has 3 aromatic rings. The molecule has 1 saturated heterocycles. The van der Waals surface area contributed by atoms with Crippen molar-refractivity contribution >= 4 is 28.5 Å². The molecule has 2 heterocycles. The van der Waals surface area contributed by atoms with Crippen LogP contribution in [-0.4, -0.2) is 41.0 Å². The van der Waals surface area contributed by atoms with Crippen LogP contribution in [0.1, 0.15) is 23.7 Å². The summed E-state index contributed by atoms with van der Waals surface area (Å²) in [7, 11) is 0. The minimum absolute atomic E-state index is 0.228. The zero-order valence-electron chi connectivity index (χ0n) is 15.2. The number of hydrogen-bond donors (Lipinski definition) is 2. The number of fused-ring (bicyclic) bond motifs is 1. The molecule has 28 heavy (non-hydrogen) atoms. The van der Waals surface area contributed by atoms with E-state index in [0.717, 1.165) is 0 Å². The molecule has 2 N–H and O–H groups in total. The van der Waals surface area contributed by atoms with Crippen LogP contribution in [0.3, 0.4) is 0 Å². The van der Waals surface area contributed by atoms with Crippen molar-refractivity contribution in [3.8, 4) is 6.01 Å². The molecule has 1 aromatic heterocycles. The SMILES string of the molecule is CCOc1nc2ccc(C(=O)NC3CCN(c4ccccc4F)C3=O)cc2[nH]1. The Hall–Kier alpha value is -3.42. The second-order valence-corrected chi connectivity index (χ2v) is 6.46. The van der Waals surface area contributed by atoms with Gasteiger partial charge in [0.25, 0.3) is 11.9 Å². The van der Waals surface area contributed by atoms with Gasteiger partial charge in [0.2, 0.25) is 5.91 Å². The number of carbonyl (C=O) groups is 2. The molecule has 0 radical (unpaired) electrons. The summed E-state index contributed by atoms with van der Waals surface area (Å²) in [4.78, 5) is 33.9. The quantitative estimate of drug-likeness (QED) is 0.710. The van der Waals surface area contributed by atoms with E-state index in [1.807, 2.05) is 6.92 Å². The first kappa shape index (κ1) is 18.0. The number of carbonyl (C=O) groups excluding carboxylic acids is 2. The van der Waals surface area contributed by atoms with Gasteiger partial charge in [-0.15, -0.1) is 0 Å². The van der Waals surface area contributed by atoms with Crippen molar-refractivity contribution in [3.63, 3.8) is 0 Å². The van der Waals surface area contributed by atoms with Gasteiger partial charge >= 0.3 is 0 Å². The Kier molecular flexibility index (Phi) is 4.68. The van der Waals surface area contributed by atoms with Crippen LogP contribution in [0.25, 0.3) is 11.0 Å². The van der Waals surface area contributed by atoms with Crippen LogP contribution in [0.15, 0.2) is 42.5 Å². The number of hydrogen-bond acceptors (Lipinski definition) is 4. The molecular formula is C20H19FN4O3. The number of nitrogens with zero attached hydrogens (tertiary/aromatic N) is 2. The summed E-state index contributed by atoms with van der Waals surface area (Å²) < 4.78 is 19.3. The highest BCUT2D eigenvalue weighted by Gasteiger charge is 2.34. The number of halogens is 1. The lowest BCUT2D eigenvalue weighted by atomic mass is 10.1. The van der Waals surface area contributed by atoms with Crippen molar-refractivity contribution in [3.05, 3.63) is 53.8 Å². The highest BCUT2D eigenvalue weighted by molar-refractivity contribution is 6.04. The maximum atomic E-state index is 14.0. The number of imidazole rings is 1. The molecule has 0 spiro atoms. The average molecular weight is 382 g/mol. The van der Waals surface area contributed by atoms with Crippen molar-refractivity contribution in [2.45, 2.75) is 19.4 Å². The summed E-state index contributed by atoms with van der Waals surface area (Å²) in [5, 5.41) is 2.74. The lowest BCUT2D eigenvalue weighted by Gasteiger charge is -2.17. The Balaban J connectivity index is 1.48. The summed E-state index contributed by atoms with van der Waals surface area (Å²) in [6.07, 6.45) is 0.416. The molecule has 1 aliphatic heterocycles. The smallest absolute Gasteiger partial charge is 0.294 e. The van der Waals surface area contributed by atoms with Crippen LogP contribution in [0, 0.1) is 5.82 Å². The van der Waals surface area contributed by atoms with Gasteiger partial charge in [-0.3, -0.25) is 9.59 Å². The zero-order chi connectivity index (χ0) is 19.7. The predicted octanol–water partition coefficient (Wildman–Crippen LogP) is 2.64. The number of aromatic amines is 1. The number of anilines is 1. The van der Waals surface area contributed by atoms with Gasteiger partial charge in [0.15, 0.2) is 0 Å². The maximum absolute atomic E-state index is 14.0. The van der Waals surface area contributed by atoms with E-state index >= 15 is 0 Å². The number of benzene rings is 2. The predicted molar refractivity (Wildman–Crippen MR) is 102 cm³/mol. The number of rotatable bonds is 5. The Morgan fingerprint density at radius 2 is 2.18 bits per heavy atom. The molecule has 0 saturated carbocycles. The van der Waals surface area contributed by atoms with Crippen molar-refractivity contribution in [1.82, 2.24) is 15.3 Å². The largest absolute Gasteiger partial charge is 0.465 e. The Labute approximate surface area is 160 Å². The molecule has 0 aliphatic carbocycles. The van der Waals surface area contributed by atoms with Gasteiger partial charge < -0.3 is 19.9 Å². The van der Waals surface area contributed by atoms with Gasteiger partial charge in [0.05, 0.1) is 23.3 Å². The maximum Gasteiger partial charge on any atom is 0.294 e. The van der Waals surface area contributed by atoms with E-state index in [-0.39, 0.29) is 17.5 Å². The summed E-state index contributed by atoms with van der Waals surface area (Å²) in [6.45, 7) is 2.69. The highest BCUT2D eigenvalue weighted by atomic mass is 19.1. The fraction of sp³-hybridized carbons (Fsp3) is 0.250. The molecule has 1 fully saturated rings. The minimum Gasteiger partial charge on any atom is -0.465 e. The molecule has 7 nitrogen and oxygen atoms in total. The first-order valence-corrected chi connectivity index (χ1v) is 9.06. The zero-order valence-corrected chi connectivity index (χ0v) is 15.2. The van der Waals surface area contributed by atoms with Gasteiger partial charge in [0, 0.05) is 12.1 Å².